The van der Waals surface area contributed by atoms with E-state index in [2.05, 4.69) is 0 Å². The number of likely N-dealkylation sites (tertiary alicyclic amines) is 1. The van der Waals surface area contributed by atoms with Gasteiger partial charge in [-0.25, -0.2) is 8.78 Å². The molecule has 1 aliphatic heterocycles. The number of rotatable bonds is 5. The van der Waals surface area contributed by atoms with Gasteiger partial charge in [-0.3, -0.25) is 9.69 Å². The number of hydrogen-bond acceptors (Lipinski definition) is 3. The van der Waals surface area contributed by atoms with Crippen molar-refractivity contribution in [3.63, 3.8) is 0 Å². The molecule has 0 radical (unpaired) electrons. The largest absolute Gasteiger partial charge is 0.497 e. The Bertz CT molecular complexity index is 796. The molecule has 138 valence electrons. The lowest BCUT2D eigenvalue weighted by molar-refractivity contribution is -0.143. The van der Waals surface area contributed by atoms with Crippen molar-refractivity contribution in [3.05, 3.63) is 65.2 Å². The van der Waals surface area contributed by atoms with Crippen LogP contribution in [-0.4, -0.2) is 36.2 Å². The summed E-state index contributed by atoms with van der Waals surface area (Å²) >= 11 is 0. The molecule has 0 bridgehead atoms. The van der Waals surface area contributed by atoms with Gasteiger partial charge in [0.1, 0.15) is 17.4 Å². The minimum atomic E-state index is -0.848. The third kappa shape index (κ3) is 3.85. The lowest BCUT2D eigenvalue weighted by Crippen LogP contribution is -2.41. The van der Waals surface area contributed by atoms with E-state index in [1.807, 2.05) is 11.0 Å². The molecular formula is C20H21F2NO3. The Morgan fingerprint density at radius 3 is 2.77 bits per heavy atom. The van der Waals surface area contributed by atoms with Gasteiger partial charge in [-0.1, -0.05) is 18.2 Å². The molecule has 4 nitrogen and oxygen atoms in total. The van der Waals surface area contributed by atoms with E-state index >= 15 is 0 Å². The first kappa shape index (κ1) is 18.3. The number of aliphatic carboxylic acids is 1. The van der Waals surface area contributed by atoms with Crippen LogP contribution < -0.4 is 4.74 Å². The van der Waals surface area contributed by atoms with Gasteiger partial charge in [0.2, 0.25) is 0 Å². The van der Waals surface area contributed by atoms with E-state index in [0.717, 1.165) is 11.6 Å². The predicted molar refractivity (Wildman–Crippen MR) is 93.1 cm³/mol. The summed E-state index contributed by atoms with van der Waals surface area (Å²) in [7, 11) is 1.55. The van der Waals surface area contributed by atoms with Crippen LogP contribution in [0.1, 0.15) is 30.0 Å². The Balaban J connectivity index is 2.05. The molecule has 1 aliphatic rings. The Hall–Kier alpha value is -2.47. The van der Waals surface area contributed by atoms with Gasteiger partial charge < -0.3 is 9.84 Å². The zero-order valence-electron chi connectivity index (χ0n) is 14.5. The normalized spacial score (nSPS) is 19.1. The van der Waals surface area contributed by atoms with Crippen LogP contribution in [0.5, 0.6) is 5.75 Å². The van der Waals surface area contributed by atoms with Crippen molar-refractivity contribution < 1.29 is 23.4 Å². The molecule has 0 aromatic heterocycles. The zero-order valence-corrected chi connectivity index (χ0v) is 14.5. The first-order chi connectivity index (χ1) is 12.5. The van der Waals surface area contributed by atoms with Crippen LogP contribution in [-0.2, 0) is 4.79 Å². The lowest BCUT2D eigenvalue weighted by atomic mass is 9.91. The third-order valence-electron chi connectivity index (χ3n) is 4.83. The second-order valence-corrected chi connectivity index (χ2v) is 6.52. The monoisotopic (exact) mass is 361 g/mol. The first-order valence-corrected chi connectivity index (χ1v) is 8.55. The van der Waals surface area contributed by atoms with Gasteiger partial charge in [-0.2, -0.15) is 0 Å². The van der Waals surface area contributed by atoms with Crippen LogP contribution in [0, 0.1) is 17.6 Å². The molecule has 26 heavy (non-hydrogen) atoms. The molecule has 0 aliphatic carbocycles. The van der Waals surface area contributed by atoms with E-state index in [-0.39, 0.29) is 0 Å². The molecule has 3 rings (SSSR count). The average molecular weight is 361 g/mol. The number of methoxy groups -OCH3 is 1. The molecule has 1 heterocycles. The van der Waals surface area contributed by atoms with E-state index in [9.17, 15) is 18.7 Å². The summed E-state index contributed by atoms with van der Waals surface area (Å²) in [6.07, 6.45) is 1.31. The molecule has 0 spiro atoms. The molecule has 2 aromatic carbocycles. The lowest BCUT2D eigenvalue weighted by Gasteiger charge is -2.37. The van der Waals surface area contributed by atoms with Crippen LogP contribution in [0.25, 0.3) is 0 Å². The summed E-state index contributed by atoms with van der Waals surface area (Å²) in [5.74, 6) is -2.01. The molecule has 2 unspecified atom stereocenters. The first-order valence-electron chi connectivity index (χ1n) is 8.55. The second kappa shape index (κ2) is 7.83. The molecule has 2 aromatic rings. The van der Waals surface area contributed by atoms with Crippen molar-refractivity contribution in [2.75, 3.05) is 20.2 Å². The molecule has 1 N–H and O–H groups in total. The van der Waals surface area contributed by atoms with Gasteiger partial charge in [0.25, 0.3) is 0 Å². The Kier molecular flexibility index (Phi) is 5.52. The van der Waals surface area contributed by atoms with E-state index in [1.165, 1.54) is 12.1 Å². The summed E-state index contributed by atoms with van der Waals surface area (Å²) in [5, 5.41) is 9.38. The maximum Gasteiger partial charge on any atom is 0.307 e. The van der Waals surface area contributed by atoms with Crippen LogP contribution in [0.3, 0.4) is 0 Å². The molecule has 2 atom stereocenters. The molecule has 0 saturated carbocycles. The summed E-state index contributed by atoms with van der Waals surface area (Å²) in [5.41, 5.74) is 1.10. The van der Waals surface area contributed by atoms with Crippen LogP contribution in [0.4, 0.5) is 8.78 Å². The SMILES string of the molecule is COc1cccc(C(c2ccc(F)cc2F)N2CCCC(C(=O)O)C2)c1. The fraction of sp³-hybridized carbons (Fsp3) is 0.350. The van der Waals surface area contributed by atoms with Gasteiger partial charge in [0.15, 0.2) is 0 Å². The zero-order chi connectivity index (χ0) is 18.7. The van der Waals surface area contributed by atoms with Crippen molar-refractivity contribution in [3.8, 4) is 5.75 Å². The van der Waals surface area contributed by atoms with E-state index in [4.69, 9.17) is 4.74 Å². The summed E-state index contributed by atoms with van der Waals surface area (Å²) < 4.78 is 33.2. The van der Waals surface area contributed by atoms with Crippen molar-refractivity contribution in [1.29, 1.82) is 0 Å². The number of benzene rings is 2. The van der Waals surface area contributed by atoms with Gasteiger partial charge in [-0.05, 0) is 43.1 Å². The second-order valence-electron chi connectivity index (χ2n) is 6.52. The van der Waals surface area contributed by atoms with Crippen molar-refractivity contribution >= 4 is 5.97 Å². The Morgan fingerprint density at radius 2 is 2.08 bits per heavy atom. The Morgan fingerprint density at radius 1 is 1.27 bits per heavy atom. The van der Waals surface area contributed by atoms with E-state index < -0.39 is 29.6 Å². The highest BCUT2D eigenvalue weighted by molar-refractivity contribution is 5.70. The summed E-state index contributed by atoms with van der Waals surface area (Å²) in [6.45, 7) is 0.955. The minimum Gasteiger partial charge on any atom is -0.497 e. The van der Waals surface area contributed by atoms with Crippen molar-refractivity contribution in [1.82, 2.24) is 4.90 Å². The minimum absolute atomic E-state index is 0.314. The van der Waals surface area contributed by atoms with Crippen LogP contribution >= 0.6 is 0 Å². The predicted octanol–water partition coefficient (Wildman–Crippen LogP) is 3.86. The number of nitrogens with zero attached hydrogens (tertiary/aromatic N) is 1. The molecular weight excluding hydrogens is 340 g/mol. The highest BCUT2D eigenvalue weighted by atomic mass is 19.1. The molecule has 0 amide bonds. The fourth-order valence-electron chi connectivity index (χ4n) is 3.56. The summed E-state index contributed by atoms with van der Waals surface area (Å²) in [6, 6.07) is 10.3. The maximum atomic E-state index is 14.6. The number of carboxylic acids is 1. The van der Waals surface area contributed by atoms with Gasteiger partial charge in [0.05, 0.1) is 19.1 Å². The highest BCUT2D eigenvalue weighted by Crippen LogP contribution is 2.35. The standard InChI is InChI=1S/C20H21F2NO3/c1-26-16-6-2-4-13(10-16)19(17-8-7-15(21)11-18(17)22)23-9-3-5-14(12-23)20(24)25/h2,4,6-8,10-11,14,19H,3,5,9,12H2,1H3,(H,24,25). The summed E-state index contributed by atoms with van der Waals surface area (Å²) in [4.78, 5) is 13.4. The third-order valence-corrected chi connectivity index (χ3v) is 4.83. The number of hydrogen-bond donors (Lipinski definition) is 1. The van der Waals surface area contributed by atoms with Crippen LogP contribution in [0.2, 0.25) is 0 Å². The van der Waals surface area contributed by atoms with Gasteiger partial charge in [-0.15, -0.1) is 0 Å². The maximum absolute atomic E-state index is 14.6. The smallest absolute Gasteiger partial charge is 0.307 e. The number of ether oxygens (including phenoxy) is 1. The van der Waals surface area contributed by atoms with Crippen molar-refractivity contribution in [2.24, 2.45) is 5.92 Å². The van der Waals surface area contributed by atoms with Gasteiger partial charge in [0, 0.05) is 18.2 Å². The Labute approximate surface area is 151 Å². The molecule has 1 fully saturated rings. The van der Waals surface area contributed by atoms with E-state index in [1.54, 1.807) is 25.3 Å². The van der Waals surface area contributed by atoms with E-state index in [0.29, 0.717) is 37.2 Å². The quantitative estimate of drug-likeness (QED) is 0.879. The van der Waals surface area contributed by atoms with Crippen molar-refractivity contribution in [2.45, 2.75) is 18.9 Å². The van der Waals surface area contributed by atoms with Gasteiger partial charge >= 0.3 is 5.97 Å². The molecule has 1 saturated heterocycles. The molecule has 6 heteroatoms. The highest BCUT2D eigenvalue weighted by Gasteiger charge is 2.32. The number of halogens is 2. The topological polar surface area (TPSA) is 49.8 Å². The number of piperidine rings is 1. The fourth-order valence-corrected chi connectivity index (χ4v) is 3.56. The average Bonchev–Trinajstić information content (AvgIpc) is 2.64. The number of carbonyl (C=O) groups is 1. The van der Waals surface area contributed by atoms with Crippen LogP contribution in [0.15, 0.2) is 42.5 Å². The number of carboxylic acid groups (broad SMARTS) is 1.